The summed E-state index contributed by atoms with van der Waals surface area (Å²) in [5.41, 5.74) is 2.28. The summed E-state index contributed by atoms with van der Waals surface area (Å²) in [5, 5.41) is 0. The fourth-order valence-electron chi connectivity index (χ4n) is 1.86. The van der Waals surface area contributed by atoms with Crippen molar-refractivity contribution < 1.29 is 9.21 Å². The van der Waals surface area contributed by atoms with Gasteiger partial charge in [-0.3, -0.25) is 4.79 Å². The van der Waals surface area contributed by atoms with Crippen molar-refractivity contribution >= 4 is 17.9 Å². The number of para-hydroxylation sites is 1. The maximum atomic E-state index is 10.6. The number of rotatable bonds is 4. The van der Waals surface area contributed by atoms with Crippen LogP contribution in [0.1, 0.15) is 23.0 Å². The van der Waals surface area contributed by atoms with E-state index in [2.05, 4.69) is 19.9 Å². The van der Waals surface area contributed by atoms with Crippen LogP contribution in [0.3, 0.4) is 0 Å². The molecular weight excluding hydrogens is 214 g/mol. The van der Waals surface area contributed by atoms with Gasteiger partial charge in [-0.2, -0.15) is 0 Å². The largest absolute Gasteiger partial charge is 0.437 e. The fourth-order valence-corrected chi connectivity index (χ4v) is 1.86. The molecule has 0 aliphatic heterocycles. The van der Waals surface area contributed by atoms with Crippen LogP contribution in [0, 0.1) is 6.92 Å². The van der Waals surface area contributed by atoms with Crippen molar-refractivity contribution in [1.29, 1.82) is 0 Å². The molecule has 0 amide bonds. The second kappa shape index (κ2) is 4.87. The molecule has 0 atom stereocenters. The summed E-state index contributed by atoms with van der Waals surface area (Å²) in [6.07, 6.45) is 0.717. The van der Waals surface area contributed by atoms with Crippen LogP contribution >= 0.6 is 0 Å². The Morgan fingerprint density at radius 3 is 2.59 bits per heavy atom. The lowest BCUT2D eigenvalue weighted by atomic mass is 10.2. The first-order valence-electron chi connectivity index (χ1n) is 5.64. The Hall–Kier alpha value is -2.03. The number of aldehydes is 1. The third-order valence-corrected chi connectivity index (χ3v) is 2.72. The minimum atomic E-state index is 0.354. The molecule has 0 N–H and O–H groups in total. The number of hydrogen-bond acceptors (Lipinski definition) is 3. The Morgan fingerprint density at radius 2 is 2.00 bits per heavy atom. The zero-order chi connectivity index (χ0) is 12.3. The number of furan rings is 1. The summed E-state index contributed by atoms with van der Waals surface area (Å²) >= 11 is 0. The molecule has 17 heavy (non-hydrogen) atoms. The summed E-state index contributed by atoms with van der Waals surface area (Å²) in [7, 11) is 0. The lowest BCUT2D eigenvalue weighted by molar-refractivity contribution is 0.110. The van der Waals surface area contributed by atoms with E-state index in [1.807, 2.05) is 29.2 Å². The van der Waals surface area contributed by atoms with E-state index in [9.17, 15) is 4.79 Å². The third-order valence-electron chi connectivity index (χ3n) is 2.72. The molecule has 0 fully saturated rings. The van der Waals surface area contributed by atoms with E-state index in [0.717, 1.165) is 18.5 Å². The van der Waals surface area contributed by atoms with Gasteiger partial charge >= 0.3 is 0 Å². The molecule has 0 aliphatic rings. The van der Waals surface area contributed by atoms with Crippen molar-refractivity contribution in [2.75, 3.05) is 11.4 Å². The summed E-state index contributed by atoms with van der Waals surface area (Å²) in [4.78, 5) is 12.7. The van der Waals surface area contributed by atoms with E-state index in [1.165, 1.54) is 5.56 Å². The molecule has 0 saturated heterocycles. The first kappa shape index (κ1) is 11.5. The van der Waals surface area contributed by atoms with Crippen LogP contribution in [-0.4, -0.2) is 12.8 Å². The van der Waals surface area contributed by atoms with Crippen LogP contribution in [0.2, 0.25) is 0 Å². The van der Waals surface area contributed by atoms with Crippen molar-refractivity contribution in [3.8, 4) is 0 Å². The predicted molar refractivity (Wildman–Crippen MR) is 68.0 cm³/mol. The molecule has 0 bridgehead atoms. The maximum absolute atomic E-state index is 10.6. The van der Waals surface area contributed by atoms with Gasteiger partial charge in [-0.1, -0.05) is 18.2 Å². The second-order valence-electron chi connectivity index (χ2n) is 3.82. The van der Waals surface area contributed by atoms with Gasteiger partial charge in [0.1, 0.15) is 0 Å². The Kier molecular flexibility index (Phi) is 3.28. The number of carbonyl (C=O) groups excluding carboxylic acids is 1. The van der Waals surface area contributed by atoms with E-state index < -0.39 is 0 Å². The summed E-state index contributed by atoms with van der Waals surface area (Å²) in [6, 6.07) is 11.6. The van der Waals surface area contributed by atoms with Gasteiger partial charge in [0.05, 0.1) is 0 Å². The van der Waals surface area contributed by atoms with Crippen LogP contribution in [0.25, 0.3) is 0 Å². The molecule has 0 radical (unpaired) electrons. The van der Waals surface area contributed by atoms with Crippen LogP contribution in [0.4, 0.5) is 11.6 Å². The molecule has 2 aromatic rings. The molecule has 0 spiro atoms. The molecule has 88 valence electrons. The molecule has 3 heteroatoms. The zero-order valence-electron chi connectivity index (χ0n) is 10.0. The molecule has 1 heterocycles. The van der Waals surface area contributed by atoms with Gasteiger partial charge in [0.2, 0.25) is 5.88 Å². The second-order valence-corrected chi connectivity index (χ2v) is 3.82. The first-order chi connectivity index (χ1) is 8.26. The molecule has 0 saturated carbocycles. The standard InChI is InChI=1S/C14H15NO2/c1-3-15(13-7-5-4-6-11(13)2)14-9-8-12(10-16)17-14/h4-10H,3H2,1-2H3. The van der Waals surface area contributed by atoms with E-state index >= 15 is 0 Å². The molecule has 0 unspecified atom stereocenters. The van der Waals surface area contributed by atoms with Crippen LogP contribution < -0.4 is 4.90 Å². The fraction of sp³-hybridized carbons (Fsp3) is 0.214. The average molecular weight is 229 g/mol. The predicted octanol–water partition coefficient (Wildman–Crippen LogP) is 3.56. The van der Waals surface area contributed by atoms with Crippen molar-refractivity contribution in [2.45, 2.75) is 13.8 Å². The minimum Gasteiger partial charge on any atom is -0.437 e. The lowest BCUT2D eigenvalue weighted by Gasteiger charge is -2.21. The average Bonchev–Trinajstić information content (AvgIpc) is 2.81. The van der Waals surface area contributed by atoms with Gasteiger partial charge in [-0.15, -0.1) is 0 Å². The number of hydrogen-bond donors (Lipinski definition) is 0. The highest BCUT2D eigenvalue weighted by molar-refractivity contribution is 5.72. The number of aryl methyl sites for hydroxylation is 1. The maximum Gasteiger partial charge on any atom is 0.200 e. The number of nitrogens with zero attached hydrogens (tertiary/aromatic N) is 1. The normalized spacial score (nSPS) is 10.2. The molecule has 1 aromatic carbocycles. The highest BCUT2D eigenvalue weighted by Crippen LogP contribution is 2.28. The summed E-state index contributed by atoms with van der Waals surface area (Å²) in [6.45, 7) is 4.90. The lowest BCUT2D eigenvalue weighted by Crippen LogP contribution is -2.16. The van der Waals surface area contributed by atoms with Gasteiger partial charge in [0.25, 0.3) is 0 Å². The molecule has 3 nitrogen and oxygen atoms in total. The van der Waals surface area contributed by atoms with Gasteiger partial charge in [0.15, 0.2) is 12.0 Å². The molecule has 1 aromatic heterocycles. The van der Waals surface area contributed by atoms with Crippen LogP contribution in [-0.2, 0) is 0 Å². The van der Waals surface area contributed by atoms with Crippen molar-refractivity contribution in [1.82, 2.24) is 0 Å². The van der Waals surface area contributed by atoms with Crippen LogP contribution in [0.15, 0.2) is 40.8 Å². The van der Waals surface area contributed by atoms with E-state index in [1.54, 1.807) is 6.07 Å². The SMILES string of the molecule is CCN(c1ccc(C=O)o1)c1ccccc1C. The third kappa shape index (κ3) is 2.23. The van der Waals surface area contributed by atoms with Gasteiger partial charge in [0, 0.05) is 18.3 Å². The van der Waals surface area contributed by atoms with Gasteiger partial charge in [-0.25, -0.2) is 0 Å². The van der Waals surface area contributed by atoms with Crippen molar-refractivity contribution in [3.05, 3.63) is 47.7 Å². The zero-order valence-corrected chi connectivity index (χ0v) is 10.0. The van der Waals surface area contributed by atoms with Gasteiger partial charge in [-0.05, 0) is 31.5 Å². The Labute approximate surface area is 101 Å². The van der Waals surface area contributed by atoms with E-state index in [0.29, 0.717) is 11.6 Å². The number of anilines is 2. The number of carbonyl (C=O) groups is 1. The summed E-state index contributed by atoms with van der Waals surface area (Å²) in [5.74, 6) is 1.05. The Bertz CT molecular complexity index is 516. The van der Waals surface area contributed by atoms with Crippen LogP contribution in [0.5, 0.6) is 0 Å². The highest BCUT2D eigenvalue weighted by Gasteiger charge is 2.12. The van der Waals surface area contributed by atoms with Crippen molar-refractivity contribution in [2.24, 2.45) is 0 Å². The Morgan fingerprint density at radius 1 is 1.24 bits per heavy atom. The smallest absolute Gasteiger partial charge is 0.200 e. The van der Waals surface area contributed by atoms with E-state index in [4.69, 9.17) is 4.42 Å². The number of benzene rings is 1. The first-order valence-corrected chi connectivity index (χ1v) is 5.64. The summed E-state index contributed by atoms with van der Waals surface area (Å²) < 4.78 is 5.45. The molecular formula is C14H15NO2. The Balaban J connectivity index is 2.40. The minimum absolute atomic E-state index is 0.354. The molecule has 2 rings (SSSR count). The van der Waals surface area contributed by atoms with E-state index in [-0.39, 0.29) is 0 Å². The topological polar surface area (TPSA) is 33.5 Å². The van der Waals surface area contributed by atoms with Crippen molar-refractivity contribution in [3.63, 3.8) is 0 Å². The quantitative estimate of drug-likeness (QED) is 0.751. The monoisotopic (exact) mass is 229 g/mol. The highest BCUT2D eigenvalue weighted by atomic mass is 16.4. The molecule has 0 aliphatic carbocycles. The van der Waals surface area contributed by atoms with Gasteiger partial charge < -0.3 is 9.32 Å².